The van der Waals surface area contributed by atoms with E-state index in [2.05, 4.69) is 18.8 Å². The minimum atomic E-state index is 0.174. The summed E-state index contributed by atoms with van der Waals surface area (Å²) in [5, 5.41) is 2.82. The quantitative estimate of drug-likeness (QED) is 0.745. The summed E-state index contributed by atoms with van der Waals surface area (Å²) in [5.74, 6) is 0.667. The number of nitrogens with zero attached hydrogens (tertiary/aromatic N) is 1. The van der Waals surface area contributed by atoms with Crippen molar-refractivity contribution >= 4 is 17.1 Å². The van der Waals surface area contributed by atoms with Crippen LogP contribution < -0.4 is 5.73 Å². The zero-order chi connectivity index (χ0) is 12.0. The highest BCUT2D eigenvalue weighted by molar-refractivity contribution is 7.09. The fourth-order valence-corrected chi connectivity index (χ4v) is 2.44. The molecular formula is C12H20N2OS. The second kappa shape index (κ2) is 6.76. The molecule has 1 aromatic rings. The van der Waals surface area contributed by atoms with Crippen molar-refractivity contribution in [3.63, 3.8) is 0 Å². The fraction of sp³-hybridized carbons (Fsp3) is 0.667. The molecule has 0 saturated heterocycles. The van der Waals surface area contributed by atoms with Crippen LogP contribution in [0.1, 0.15) is 48.6 Å². The molecule has 0 aliphatic rings. The number of hydrogen-bond acceptors (Lipinski definition) is 4. The Morgan fingerprint density at radius 1 is 1.50 bits per heavy atom. The van der Waals surface area contributed by atoms with Crippen LogP contribution >= 0.6 is 11.3 Å². The standard InChI is InChI=1S/C12H20N2OS/c1-3-9(4-2)7-11(15)10-8-16-12(14-10)5-6-13/h8-9H,3-7,13H2,1-2H3. The first-order chi connectivity index (χ1) is 7.71. The van der Waals surface area contributed by atoms with Crippen LogP contribution in [-0.4, -0.2) is 17.3 Å². The Bertz CT molecular complexity index is 332. The highest BCUT2D eigenvalue weighted by Gasteiger charge is 2.14. The minimum Gasteiger partial charge on any atom is -0.330 e. The van der Waals surface area contributed by atoms with Crippen LogP contribution in [0.2, 0.25) is 0 Å². The van der Waals surface area contributed by atoms with Gasteiger partial charge in [0.15, 0.2) is 5.78 Å². The van der Waals surface area contributed by atoms with E-state index in [9.17, 15) is 4.79 Å². The summed E-state index contributed by atoms with van der Waals surface area (Å²) in [7, 11) is 0. The number of ketones is 1. The van der Waals surface area contributed by atoms with Gasteiger partial charge in [-0.25, -0.2) is 4.98 Å². The van der Waals surface area contributed by atoms with E-state index in [0.29, 0.717) is 24.6 Å². The van der Waals surface area contributed by atoms with Crippen LogP contribution in [0.5, 0.6) is 0 Å². The lowest BCUT2D eigenvalue weighted by molar-refractivity contribution is 0.0954. The molecule has 0 aromatic carbocycles. The lowest BCUT2D eigenvalue weighted by Gasteiger charge is -2.09. The molecule has 16 heavy (non-hydrogen) atoms. The summed E-state index contributed by atoms with van der Waals surface area (Å²) < 4.78 is 0. The summed E-state index contributed by atoms with van der Waals surface area (Å²) in [6.45, 7) is 4.85. The molecule has 90 valence electrons. The van der Waals surface area contributed by atoms with Gasteiger partial charge in [-0.05, 0) is 12.5 Å². The first-order valence-electron chi connectivity index (χ1n) is 5.88. The third-order valence-corrected chi connectivity index (χ3v) is 3.73. The SMILES string of the molecule is CCC(CC)CC(=O)c1csc(CCN)n1. The second-order valence-electron chi connectivity index (χ2n) is 3.97. The Labute approximate surface area is 101 Å². The average Bonchev–Trinajstić information content (AvgIpc) is 2.74. The molecule has 3 nitrogen and oxygen atoms in total. The van der Waals surface area contributed by atoms with Crippen molar-refractivity contribution in [2.24, 2.45) is 11.7 Å². The maximum atomic E-state index is 11.9. The van der Waals surface area contributed by atoms with Crippen molar-refractivity contribution in [3.05, 3.63) is 16.1 Å². The van der Waals surface area contributed by atoms with Gasteiger partial charge in [0.25, 0.3) is 0 Å². The third-order valence-electron chi connectivity index (χ3n) is 2.82. The molecule has 0 aliphatic carbocycles. The van der Waals surface area contributed by atoms with Gasteiger partial charge in [-0.2, -0.15) is 0 Å². The Kier molecular flexibility index (Phi) is 5.63. The second-order valence-corrected chi connectivity index (χ2v) is 4.92. The third kappa shape index (κ3) is 3.68. The van der Waals surface area contributed by atoms with Gasteiger partial charge in [0.2, 0.25) is 0 Å². The van der Waals surface area contributed by atoms with Gasteiger partial charge < -0.3 is 5.73 Å². The molecule has 4 heteroatoms. The van der Waals surface area contributed by atoms with Gasteiger partial charge in [0.1, 0.15) is 5.69 Å². The molecule has 0 aliphatic heterocycles. The Balaban J connectivity index is 2.58. The smallest absolute Gasteiger partial charge is 0.182 e. The number of nitrogens with two attached hydrogens (primary N) is 1. The summed E-state index contributed by atoms with van der Waals surface area (Å²) in [6.07, 6.45) is 3.51. The first kappa shape index (κ1) is 13.3. The molecule has 0 saturated carbocycles. The van der Waals surface area contributed by atoms with E-state index in [1.54, 1.807) is 0 Å². The van der Waals surface area contributed by atoms with Crippen LogP contribution in [0.15, 0.2) is 5.38 Å². The molecule has 0 fully saturated rings. The Morgan fingerprint density at radius 3 is 2.75 bits per heavy atom. The van der Waals surface area contributed by atoms with Gasteiger partial charge in [-0.15, -0.1) is 11.3 Å². The molecular weight excluding hydrogens is 220 g/mol. The summed E-state index contributed by atoms with van der Waals surface area (Å²) in [5.41, 5.74) is 6.08. The molecule has 0 spiro atoms. The zero-order valence-electron chi connectivity index (χ0n) is 10.0. The molecule has 1 rings (SSSR count). The topological polar surface area (TPSA) is 56.0 Å². The van der Waals surface area contributed by atoms with Crippen LogP contribution in [0.4, 0.5) is 0 Å². The van der Waals surface area contributed by atoms with E-state index in [4.69, 9.17) is 5.73 Å². The van der Waals surface area contributed by atoms with Gasteiger partial charge >= 0.3 is 0 Å². The summed E-state index contributed by atoms with van der Waals surface area (Å²) in [4.78, 5) is 16.2. The largest absolute Gasteiger partial charge is 0.330 e. The van der Waals surface area contributed by atoms with Crippen LogP contribution in [0.25, 0.3) is 0 Å². The van der Waals surface area contributed by atoms with Crippen molar-refractivity contribution in [2.45, 2.75) is 39.5 Å². The summed E-state index contributed by atoms with van der Waals surface area (Å²) in [6, 6.07) is 0. The number of hydrogen-bond donors (Lipinski definition) is 1. The zero-order valence-corrected chi connectivity index (χ0v) is 10.8. The maximum Gasteiger partial charge on any atom is 0.182 e. The lowest BCUT2D eigenvalue weighted by Crippen LogP contribution is -2.08. The molecule has 2 N–H and O–H groups in total. The van der Waals surface area contributed by atoms with Crippen molar-refractivity contribution in [2.75, 3.05) is 6.54 Å². The molecule has 0 unspecified atom stereocenters. The van der Waals surface area contributed by atoms with Gasteiger partial charge in [-0.1, -0.05) is 26.7 Å². The number of aromatic nitrogens is 1. The van der Waals surface area contributed by atoms with Gasteiger partial charge in [0.05, 0.1) is 5.01 Å². The van der Waals surface area contributed by atoms with Crippen molar-refractivity contribution in [3.8, 4) is 0 Å². The van der Waals surface area contributed by atoms with Crippen molar-refractivity contribution in [1.82, 2.24) is 4.98 Å². The predicted molar refractivity (Wildman–Crippen MR) is 67.9 cm³/mol. The highest BCUT2D eigenvalue weighted by atomic mass is 32.1. The normalized spacial score (nSPS) is 11.0. The number of thiazole rings is 1. The predicted octanol–water partition coefficient (Wildman–Crippen LogP) is 2.65. The van der Waals surface area contributed by atoms with Gasteiger partial charge in [0, 0.05) is 18.2 Å². The number of carbonyl (C=O) groups excluding carboxylic acids is 1. The highest BCUT2D eigenvalue weighted by Crippen LogP contribution is 2.18. The van der Waals surface area contributed by atoms with Crippen molar-refractivity contribution < 1.29 is 4.79 Å². The fourth-order valence-electron chi connectivity index (χ4n) is 1.62. The van der Waals surface area contributed by atoms with Gasteiger partial charge in [-0.3, -0.25) is 4.79 Å². The molecule has 0 atom stereocenters. The number of carbonyl (C=O) groups is 1. The molecule has 1 aromatic heterocycles. The molecule has 0 amide bonds. The van der Waals surface area contributed by atoms with Crippen LogP contribution in [-0.2, 0) is 6.42 Å². The average molecular weight is 240 g/mol. The molecule has 0 radical (unpaired) electrons. The van der Waals surface area contributed by atoms with Crippen LogP contribution in [0.3, 0.4) is 0 Å². The maximum absolute atomic E-state index is 11.9. The van der Waals surface area contributed by atoms with E-state index in [1.807, 2.05) is 5.38 Å². The van der Waals surface area contributed by atoms with E-state index in [-0.39, 0.29) is 5.78 Å². The lowest BCUT2D eigenvalue weighted by atomic mass is 9.96. The Hall–Kier alpha value is -0.740. The summed E-state index contributed by atoms with van der Waals surface area (Å²) >= 11 is 1.53. The molecule has 1 heterocycles. The van der Waals surface area contributed by atoms with E-state index >= 15 is 0 Å². The Morgan fingerprint density at radius 2 is 2.19 bits per heavy atom. The number of rotatable bonds is 7. The minimum absolute atomic E-state index is 0.174. The number of Topliss-reactive ketones (excluding diaryl/α,β-unsaturated/α-hetero) is 1. The van der Waals surface area contributed by atoms with Crippen molar-refractivity contribution in [1.29, 1.82) is 0 Å². The van der Waals surface area contributed by atoms with E-state index in [0.717, 1.165) is 24.3 Å². The first-order valence-corrected chi connectivity index (χ1v) is 6.76. The van der Waals surface area contributed by atoms with E-state index in [1.165, 1.54) is 11.3 Å². The monoisotopic (exact) mass is 240 g/mol. The van der Waals surface area contributed by atoms with Crippen LogP contribution in [0, 0.1) is 5.92 Å². The molecule has 0 bridgehead atoms. The van der Waals surface area contributed by atoms with E-state index < -0.39 is 0 Å².